The summed E-state index contributed by atoms with van der Waals surface area (Å²) in [6.45, 7) is 4.35. The standard InChI is InChI=1S/C79H158NO8P/c1-6-8-10-12-14-16-18-20-22-24-26-28-30-32-34-35-36-37-38-39-40-41-42-43-44-46-48-50-52-54-56-58-60-62-64-66-68-70-72-79(82)88-77(76-87-89(83,84)86-74-73-80(3,4)5)75-85-78(81)71-69-67-65-63-61-59-57-55-53-51-49-47-45-33-31-29-27-25-23-21-19-17-15-13-11-9-7-2/h77H,6-76H2,1-5H3. The first kappa shape index (κ1) is 88.0. The van der Waals surface area contributed by atoms with E-state index in [9.17, 15) is 19.0 Å². The summed E-state index contributed by atoms with van der Waals surface area (Å²) in [5.74, 6) is -0.801. The smallest absolute Gasteiger partial charge is 0.306 e. The summed E-state index contributed by atoms with van der Waals surface area (Å²) in [6.07, 6.45) is 88.2. The molecule has 0 rings (SSSR count). The molecule has 2 atom stereocenters. The van der Waals surface area contributed by atoms with Gasteiger partial charge in [0.25, 0.3) is 7.82 Å². The molecule has 89 heavy (non-hydrogen) atoms. The van der Waals surface area contributed by atoms with Gasteiger partial charge in [-0.2, -0.15) is 0 Å². The molecule has 0 heterocycles. The van der Waals surface area contributed by atoms with Crippen molar-refractivity contribution in [2.75, 3.05) is 47.5 Å². The Balaban J connectivity index is 3.86. The van der Waals surface area contributed by atoms with Crippen LogP contribution < -0.4 is 4.89 Å². The third kappa shape index (κ3) is 75.9. The average molecular weight is 1280 g/mol. The number of phosphoric ester groups is 1. The van der Waals surface area contributed by atoms with Gasteiger partial charge in [0.1, 0.15) is 19.8 Å². The summed E-state index contributed by atoms with van der Waals surface area (Å²) < 4.78 is 34.4. The number of ether oxygens (including phenoxy) is 2. The first-order chi connectivity index (χ1) is 43.5. The third-order valence-electron chi connectivity index (χ3n) is 18.9. The maximum atomic E-state index is 12.9. The van der Waals surface area contributed by atoms with Crippen LogP contribution in [-0.2, 0) is 32.7 Å². The molecule has 2 unspecified atom stereocenters. The van der Waals surface area contributed by atoms with Gasteiger partial charge in [-0.1, -0.05) is 418 Å². The van der Waals surface area contributed by atoms with E-state index in [1.165, 1.54) is 379 Å². The predicted molar refractivity (Wildman–Crippen MR) is 384 cm³/mol. The second-order valence-corrected chi connectivity index (χ2v) is 30.6. The highest BCUT2D eigenvalue weighted by Gasteiger charge is 2.22. The van der Waals surface area contributed by atoms with E-state index in [0.29, 0.717) is 17.4 Å². The molecule has 0 aliphatic heterocycles. The second-order valence-electron chi connectivity index (χ2n) is 29.2. The monoisotopic (exact) mass is 1280 g/mol. The molecule has 0 saturated carbocycles. The molecule has 0 aromatic heterocycles. The van der Waals surface area contributed by atoms with Crippen LogP contribution in [0.5, 0.6) is 0 Å². The topological polar surface area (TPSA) is 111 Å². The molecular formula is C79H158NO8P. The van der Waals surface area contributed by atoms with Crippen LogP contribution in [0, 0.1) is 0 Å². The number of quaternary nitrogens is 1. The van der Waals surface area contributed by atoms with E-state index in [1.54, 1.807) is 0 Å². The lowest BCUT2D eigenvalue weighted by Gasteiger charge is -2.28. The van der Waals surface area contributed by atoms with E-state index in [4.69, 9.17) is 18.5 Å². The van der Waals surface area contributed by atoms with Crippen LogP contribution in [0.15, 0.2) is 0 Å². The van der Waals surface area contributed by atoms with Gasteiger partial charge in [0, 0.05) is 12.8 Å². The molecule has 0 aliphatic rings. The van der Waals surface area contributed by atoms with Crippen molar-refractivity contribution in [3.63, 3.8) is 0 Å². The quantitative estimate of drug-likeness (QED) is 0.0256. The van der Waals surface area contributed by atoms with Gasteiger partial charge < -0.3 is 27.9 Å². The molecule has 9 nitrogen and oxygen atoms in total. The highest BCUT2D eigenvalue weighted by atomic mass is 31.2. The third-order valence-corrected chi connectivity index (χ3v) is 19.8. The lowest BCUT2D eigenvalue weighted by atomic mass is 10.0. The van der Waals surface area contributed by atoms with Crippen molar-refractivity contribution in [3.05, 3.63) is 0 Å². The maximum Gasteiger partial charge on any atom is 0.306 e. The molecule has 532 valence electrons. The highest BCUT2D eigenvalue weighted by Crippen LogP contribution is 2.38. The number of likely N-dealkylation sites (N-methyl/N-ethyl adjacent to an activating group) is 1. The van der Waals surface area contributed by atoms with Crippen LogP contribution in [-0.4, -0.2) is 70.0 Å². The van der Waals surface area contributed by atoms with Crippen LogP contribution >= 0.6 is 7.82 Å². The van der Waals surface area contributed by atoms with Gasteiger partial charge in [0.05, 0.1) is 27.7 Å². The lowest BCUT2D eigenvalue weighted by Crippen LogP contribution is -2.37. The SMILES string of the molecule is CCCCCCCCCCCCCCCCCCCCCCCCCCCCCCCCCCCCCCCCC(=O)OC(COC(=O)CCCCCCCCCCCCCCCCCCCCCCCCCCCCC)COP(=O)([O-])OCC[N+](C)(C)C. The molecule has 0 radical (unpaired) electrons. The van der Waals surface area contributed by atoms with Crippen molar-refractivity contribution in [2.45, 2.75) is 450 Å². The molecule has 0 bridgehead atoms. The van der Waals surface area contributed by atoms with E-state index >= 15 is 0 Å². The number of hydrogen-bond acceptors (Lipinski definition) is 8. The van der Waals surface area contributed by atoms with Crippen LogP contribution in [0.2, 0.25) is 0 Å². The fraction of sp³-hybridized carbons (Fsp3) is 0.975. The summed E-state index contributed by atoms with van der Waals surface area (Å²) in [4.78, 5) is 38.1. The minimum absolute atomic E-state index is 0.0247. The summed E-state index contributed by atoms with van der Waals surface area (Å²) in [6, 6.07) is 0. The Morgan fingerprint density at radius 2 is 0.506 bits per heavy atom. The number of phosphoric acid groups is 1. The van der Waals surface area contributed by atoms with Crippen LogP contribution in [0.3, 0.4) is 0 Å². The Morgan fingerprint density at radius 3 is 0.719 bits per heavy atom. The lowest BCUT2D eigenvalue weighted by molar-refractivity contribution is -0.870. The van der Waals surface area contributed by atoms with Crippen molar-refractivity contribution in [1.82, 2.24) is 0 Å². The summed E-state index contributed by atoms with van der Waals surface area (Å²) in [5, 5.41) is 0. The minimum Gasteiger partial charge on any atom is -0.756 e. The average Bonchev–Trinajstić information content (AvgIpc) is 3.60. The van der Waals surface area contributed by atoms with Gasteiger partial charge in [0.15, 0.2) is 6.10 Å². The van der Waals surface area contributed by atoms with Crippen LogP contribution in [0.25, 0.3) is 0 Å². The summed E-state index contributed by atoms with van der Waals surface area (Å²) in [5.41, 5.74) is 0. The van der Waals surface area contributed by atoms with Gasteiger partial charge in [-0.15, -0.1) is 0 Å². The molecule has 0 aliphatic carbocycles. The Morgan fingerprint density at radius 1 is 0.303 bits per heavy atom. The molecule has 0 aromatic rings. The number of nitrogens with zero attached hydrogens (tertiary/aromatic N) is 1. The van der Waals surface area contributed by atoms with Crippen LogP contribution in [0.4, 0.5) is 0 Å². The Kier molecular flexibility index (Phi) is 70.5. The molecule has 10 heteroatoms. The predicted octanol–water partition coefficient (Wildman–Crippen LogP) is 25.8. The molecule has 0 aromatic carbocycles. The summed E-state index contributed by atoms with van der Waals surface area (Å²) in [7, 11) is 1.20. The Hall–Kier alpha value is -0.990. The zero-order valence-electron chi connectivity index (χ0n) is 60.9. The highest BCUT2D eigenvalue weighted by molar-refractivity contribution is 7.45. The zero-order chi connectivity index (χ0) is 64.8. The van der Waals surface area contributed by atoms with E-state index in [1.807, 2.05) is 21.1 Å². The number of unbranched alkanes of at least 4 members (excludes halogenated alkanes) is 63. The van der Waals surface area contributed by atoms with Crippen molar-refractivity contribution < 1.29 is 42.1 Å². The van der Waals surface area contributed by atoms with Crippen molar-refractivity contribution >= 4 is 19.8 Å². The van der Waals surface area contributed by atoms with Gasteiger partial charge in [0.2, 0.25) is 0 Å². The van der Waals surface area contributed by atoms with Gasteiger partial charge in [-0.05, 0) is 12.8 Å². The van der Waals surface area contributed by atoms with E-state index in [-0.39, 0.29) is 32.0 Å². The molecular weight excluding hydrogens is 1120 g/mol. The fourth-order valence-electron chi connectivity index (χ4n) is 12.7. The van der Waals surface area contributed by atoms with Gasteiger partial charge in [-0.3, -0.25) is 14.2 Å². The zero-order valence-corrected chi connectivity index (χ0v) is 61.8. The number of carbonyl (C=O) groups is 2. The van der Waals surface area contributed by atoms with Gasteiger partial charge in [-0.25, -0.2) is 0 Å². The van der Waals surface area contributed by atoms with Crippen LogP contribution in [0.1, 0.15) is 444 Å². The number of hydrogen-bond donors (Lipinski definition) is 0. The first-order valence-corrected chi connectivity index (χ1v) is 41.7. The molecule has 0 fully saturated rings. The van der Waals surface area contributed by atoms with Crippen molar-refractivity contribution in [2.24, 2.45) is 0 Å². The number of esters is 2. The second kappa shape index (κ2) is 71.3. The van der Waals surface area contributed by atoms with E-state index in [2.05, 4.69) is 13.8 Å². The van der Waals surface area contributed by atoms with E-state index in [0.717, 1.165) is 32.1 Å². The van der Waals surface area contributed by atoms with Crippen molar-refractivity contribution in [3.8, 4) is 0 Å². The van der Waals surface area contributed by atoms with Gasteiger partial charge >= 0.3 is 11.9 Å². The molecule has 0 N–H and O–H groups in total. The fourth-order valence-corrected chi connectivity index (χ4v) is 13.5. The summed E-state index contributed by atoms with van der Waals surface area (Å²) >= 11 is 0. The molecule has 0 spiro atoms. The minimum atomic E-state index is -4.64. The Labute approximate surface area is 556 Å². The molecule has 0 amide bonds. The van der Waals surface area contributed by atoms with E-state index < -0.39 is 26.5 Å². The normalized spacial score (nSPS) is 12.9. The first-order valence-electron chi connectivity index (χ1n) is 40.2. The number of rotatable bonds is 77. The Bertz CT molecular complexity index is 1460. The largest absolute Gasteiger partial charge is 0.756 e. The molecule has 0 saturated heterocycles. The van der Waals surface area contributed by atoms with Crippen molar-refractivity contribution in [1.29, 1.82) is 0 Å². The number of carbonyl (C=O) groups excluding carboxylic acids is 2. The maximum absolute atomic E-state index is 12.9.